The summed E-state index contributed by atoms with van der Waals surface area (Å²) in [5, 5.41) is 0. The number of carbonyl (C=O) groups is 2. The van der Waals surface area contributed by atoms with Gasteiger partial charge in [-0.15, -0.1) is 0 Å². The SMILES string of the molecule is C=C1N(S(=O)(=O)c2ccc(C)cc2)CCC[C@@]12CCC(=O)[C@H](C)[C@H]2COC(=O)c1ccccc1. The molecule has 0 unspecified atom stereocenters. The van der Waals surface area contributed by atoms with Gasteiger partial charge in [0.25, 0.3) is 10.0 Å². The van der Waals surface area contributed by atoms with Crippen LogP contribution in [0.2, 0.25) is 0 Å². The quantitative estimate of drug-likeness (QED) is 0.576. The number of nitrogens with zero attached hydrogens (tertiary/aromatic N) is 1. The van der Waals surface area contributed by atoms with E-state index >= 15 is 0 Å². The Morgan fingerprint density at radius 2 is 1.79 bits per heavy atom. The first-order valence-electron chi connectivity index (χ1n) is 11.7. The van der Waals surface area contributed by atoms with Crippen molar-refractivity contribution in [1.82, 2.24) is 4.31 Å². The second kappa shape index (κ2) is 9.37. The molecule has 6 nitrogen and oxygen atoms in total. The van der Waals surface area contributed by atoms with Crippen LogP contribution in [0.25, 0.3) is 0 Å². The maximum atomic E-state index is 13.6. The Morgan fingerprint density at radius 3 is 2.47 bits per heavy atom. The van der Waals surface area contributed by atoms with Gasteiger partial charge in [-0.1, -0.05) is 49.4 Å². The number of ketones is 1. The minimum Gasteiger partial charge on any atom is -0.462 e. The molecule has 2 fully saturated rings. The van der Waals surface area contributed by atoms with Gasteiger partial charge in [-0.3, -0.25) is 9.10 Å². The van der Waals surface area contributed by atoms with Crippen LogP contribution >= 0.6 is 0 Å². The Hall–Kier alpha value is -2.93. The number of hydrogen-bond acceptors (Lipinski definition) is 5. The topological polar surface area (TPSA) is 80.8 Å². The molecule has 0 bridgehead atoms. The molecule has 1 saturated heterocycles. The van der Waals surface area contributed by atoms with E-state index in [9.17, 15) is 18.0 Å². The highest BCUT2D eigenvalue weighted by atomic mass is 32.2. The average Bonchev–Trinajstić information content (AvgIpc) is 2.83. The van der Waals surface area contributed by atoms with Crippen molar-refractivity contribution in [2.24, 2.45) is 17.3 Å². The molecule has 1 aliphatic heterocycles. The molecule has 1 saturated carbocycles. The predicted molar refractivity (Wildman–Crippen MR) is 129 cm³/mol. The van der Waals surface area contributed by atoms with Crippen molar-refractivity contribution in [2.45, 2.75) is 44.4 Å². The van der Waals surface area contributed by atoms with Crippen LogP contribution in [0.15, 0.2) is 71.8 Å². The molecule has 0 N–H and O–H groups in total. The number of rotatable bonds is 5. The van der Waals surface area contributed by atoms with Crippen LogP contribution in [-0.4, -0.2) is 37.6 Å². The number of esters is 1. The van der Waals surface area contributed by atoms with Crippen molar-refractivity contribution in [2.75, 3.05) is 13.2 Å². The Kier molecular flexibility index (Phi) is 6.67. The number of aryl methyl sites for hydroxylation is 1. The highest BCUT2D eigenvalue weighted by Crippen LogP contribution is 2.54. The highest BCUT2D eigenvalue weighted by Gasteiger charge is 2.53. The lowest BCUT2D eigenvalue weighted by Crippen LogP contribution is -2.53. The number of piperidine rings is 1. The van der Waals surface area contributed by atoms with Gasteiger partial charge in [0.05, 0.1) is 17.1 Å². The van der Waals surface area contributed by atoms with Crippen LogP contribution in [0.3, 0.4) is 0 Å². The van der Waals surface area contributed by atoms with Gasteiger partial charge in [-0.05, 0) is 50.5 Å². The summed E-state index contributed by atoms with van der Waals surface area (Å²) in [7, 11) is -3.79. The van der Waals surface area contributed by atoms with E-state index in [1.807, 2.05) is 19.9 Å². The zero-order valence-corrected chi connectivity index (χ0v) is 20.5. The molecule has 0 amide bonds. The van der Waals surface area contributed by atoms with Gasteiger partial charge in [0, 0.05) is 35.9 Å². The Labute approximate surface area is 201 Å². The number of ether oxygens (including phenoxy) is 1. The Bertz CT molecular complexity index is 1190. The van der Waals surface area contributed by atoms with Crippen molar-refractivity contribution in [3.63, 3.8) is 0 Å². The normalized spacial score (nSPS) is 25.4. The summed E-state index contributed by atoms with van der Waals surface area (Å²) >= 11 is 0. The molecule has 0 radical (unpaired) electrons. The third kappa shape index (κ3) is 4.29. The molecule has 1 heterocycles. The van der Waals surface area contributed by atoms with E-state index in [2.05, 4.69) is 6.58 Å². The molecule has 7 heteroatoms. The molecule has 2 aromatic rings. The Morgan fingerprint density at radius 1 is 1.12 bits per heavy atom. The molecule has 2 aromatic carbocycles. The summed E-state index contributed by atoms with van der Waals surface area (Å²) in [6.45, 7) is 8.42. The number of hydrogen-bond donors (Lipinski definition) is 0. The van der Waals surface area contributed by atoms with Crippen LogP contribution in [0.1, 0.15) is 48.5 Å². The molecule has 4 rings (SSSR count). The van der Waals surface area contributed by atoms with Gasteiger partial charge < -0.3 is 4.74 Å². The van der Waals surface area contributed by atoms with Crippen LogP contribution in [0.5, 0.6) is 0 Å². The molecular weight excluding hydrogens is 450 g/mol. The fourth-order valence-corrected chi connectivity index (χ4v) is 7.00. The summed E-state index contributed by atoms with van der Waals surface area (Å²) in [6, 6.07) is 15.5. The molecular formula is C27H31NO5S. The molecule has 180 valence electrons. The van der Waals surface area contributed by atoms with E-state index in [-0.39, 0.29) is 29.1 Å². The molecule has 1 aliphatic carbocycles. The van der Waals surface area contributed by atoms with Gasteiger partial charge in [-0.25, -0.2) is 13.2 Å². The minimum absolute atomic E-state index is 0.0398. The summed E-state index contributed by atoms with van der Waals surface area (Å²) < 4.78 is 34.2. The van der Waals surface area contributed by atoms with E-state index in [0.29, 0.717) is 43.5 Å². The third-order valence-corrected chi connectivity index (χ3v) is 9.36. The zero-order chi connectivity index (χ0) is 24.5. The first-order valence-corrected chi connectivity index (χ1v) is 13.1. The van der Waals surface area contributed by atoms with Crippen molar-refractivity contribution in [1.29, 1.82) is 0 Å². The first-order chi connectivity index (χ1) is 16.2. The van der Waals surface area contributed by atoms with Crippen LogP contribution in [-0.2, 0) is 19.6 Å². The average molecular weight is 482 g/mol. The summed E-state index contributed by atoms with van der Waals surface area (Å²) in [5.41, 5.74) is 1.30. The molecule has 1 spiro atoms. The fourth-order valence-electron chi connectivity index (χ4n) is 5.43. The minimum atomic E-state index is -3.79. The molecule has 2 aliphatic rings. The van der Waals surface area contributed by atoms with E-state index in [1.165, 1.54) is 4.31 Å². The Balaban J connectivity index is 1.63. The summed E-state index contributed by atoms with van der Waals surface area (Å²) in [6.07, 6.45) is 2.22. The van der Waals surface area contributed by atoms with Crippen LogP contribution in [0.4, 0.5) is 0 Å². The number of Topliss-reactive ketones (excluding diaryl/α,β-unsaturated/α-hetero) is 1. The second-order valence-electron chi connectivity index (χ2n) is 9.42. The van der Waals surface area contributed by atoms with E-state index in [1.54, 1.807) is 48.5 Å². The van der Waals surface area contributed by atoms with Crippen molar-refractivity contribution >= 4 is 21.8 Å². The number of carbonyl (C=O) groups excluding carboxylic acids is 2. The van der Waals surface area contributed by atoms with Crippen molar-refractivity contribution in [3.8, 4) is 0 Å². The van der Waals surface area contributed by atoms with Gasteiger partial charge in [-0.2, -0.15) is 0 Å². The first kappa shape index (κ1) is 24.2. The smallest absolute Gasteiger partial charge is 0.338 e. The van der Waals surface area contributed by atoms with E-state index in [0.717, 1.165) is 5.56 Å². The van der Waals surface area contributed by atoms with Gasteiger partial charge in [0.2, 0.25) is 0 Å². The van der Waals surface area contributed by atoms with Gasteiger partial charge in [0.15, 0.2) is 0 Å². The number of sulfonamides is 1. The van der Waals surface area contributed by atoms with Crippen molar-refractivity contribution in [3.05, 3.63) is 78.0 Å². The lowest BCUT2D eigenvalue weighted by Gasteiger charge is -2.52. The lowest BCUT2D eigenvalue weighted by atomic mass is 9.57. The number of allylic oxidation sites excluding steroid dienone is 1. The van der Waals surface area contributed by atoms with Crippen LogP contribution in [0, 0.1) is 24.2 Å². The van der Waals surface area contributed by atoms with Crippen LogP contribution < -0.4 is 0 Å². The molecule has 34 heavy (non-hydrogen) atoms. The van der Waals surface area contributed by atoms with Crippen molar-refractivity contribution < 1.29 is 22.7 Å². The molecule has 0 aromatic heterocycles. The lowest BCUT2D eigenvalue weighted by molar-refractivity contribution is -0.133. The maximum Gasteiger partial charge on any atom is 0.338 e. The predicted octanol–water partition coefficient (Wildman–Crippen LogP) is 4.75. The standard InChI is InChI=1S/C27H31NO5S/c1-19-10-12-23(13-11-19)34(31,32)28-17-7-15-27(21(28)3)16-14-25(29)20(2)24(27)18-33-26(30)22-8-5-4-6-9-22/h4-6,8-13,20,24H,3,7,14-18H2,1-2H3/t20-,24-,27-/m1/s1. The zero-order valence-electron chi connectivity index (χ0n) is 19.7. The maximum absolute atomic E-state index is 13.6. The summed E-state index contributed by atoms with van der Waals surface area (Å²) in [5.74, 6) is -1.05. The third-order valence-electron chi connectivity index (χ3n) is 7.51. The second-order valence-corrected chi connectivity index (χ2v) is 11.3. The summed E-state index contributed by atoms with van der Waals surface area (Å²) in [4.78, 5) is 25.5. The van der Waals surface area contributed by atoms with Gasteiger partial charge >= 0.3 is 5.97 Å². The van der Waals surface area contributed by atoms with Gasteiger partial charge in [0.1, 0.15) is 5.78 Å². The monoisotopic (exact) mass is 481 g/mol. The number of benzene rings is 2. The van der Waals surface area contributed by atoms with E-state index in [4.69, 9.17) is 4.74 Å². The van der Waals surface area contributed by atoms with E-state index < -0.39 is 21.4 Å². The molecule has 3 atom stereocenters. The fraction of sp³-hybridized carbons (Fsp3) is 0.407. The largest absolute Gasteiger partial charge is 0.462 e. The highest BCUT2D eigenvalue weighted by molar-refractivity contribution is 7.89.